The van der Waals surface area contributed by atoms with E-state index < -0.39 is 11.9 Å². The summed E-state index contributed by atoms with van der Waals surface area (Å²) in [4.78, 5) is 11.4. The summed E-state index contributed by atoms with van der Waals surface area (Å²) in [5.41, 5.74) is 1.46. The van der Waals surface area contributed by atoms with Crippen LogP contribution in [-0.4, -0.2) is 11.1 Å². The van der Waals surface area contributed by atoms with Gasteiger partial charge in [-0.15, -0.1) is 0 Å². The molecule has 0 aromatic heterocycles. The molecule has 20 heavy (non-hydrogen) atoms. The van der Waals surface area contributed by atoms with Crippen LogP contribution in [0.25, 0.3) is 0 Å². The Kier molecular flexibility index (Phi) is 4.74. The summed E-state index contributed by atoms with van der Waals surface area (Å²) < 4.78 is 13.1. The first-order chi connectivity index (χ1) is 9.56. The van der Waals surface area contributed by atoms with Crippen LogP contribution in [0, 0.1) is 11.7 Å². The zero-order chi connectivity index (χ0) is 14.5. The molecule has 2 aromatic carbocycles. The lowest BCUT2D eigenvalue weighted by Gasteiger charge is -2.13. The number of hydrogen-bond acceptors (Lipinski definition) is 1. The first-order valence-electron chi connectivity index (χ1n) is 6.27. The minimum atomic E-state index is -0.908. The van der Waals surface area contributed by atoms with E-state index in [4.69, 9.17) is 11.6 Å². The summed E-state index contributed by atoms with van der Waals surface area (Å²) in [5.74, 6) is -1.89. The number of benzene rings is 2. The van der Waals surface area contributed by atoms with Crippen molar-refractivity contribution in [2.24, 2.45) is 5.92 Å². The largest absolute Gasteiger partial charge is 0.481 e. The maximum absolute atomic E-state index is 13.1. The molecule has 0 saturated heterocycles. The van der Waals surface area contributed by atoms with Crippen molar-refractivity contribution in [3.05, 3.63) is 70.5 Å². The third-order valence-corrected chi connectivity index (χ3v) is 3.51. The van der Waals surface area contributed by atoms with Gasteiger partial charge in [0.1, 0.15) is 5.82 Å². The average Bonchev–Trinajstić information content (AvgIpc) is 2.40. The van der Waals surface area contributed by atoms with Crippen molar-refractivity contribution in [1.29, 1.82) is 0 Å². The molecule has 1 atom stereocenters. The van der Waals surface area contributed by atoms with Crippen LogP contribution in [0.15, 0.2) is 48.5 Å². The third-order valence-electron chi connectivity index (χ3n) is 3.14. The van der Waals surface area contributed by atoms with Crippen LogP contribution in [0.3, 0.4) is 0 Å². The summed E-state index contributed by atoms with van der Waals surface area (Å²) in [5, 5.41) is 9.87. The van der Waals surface area contributed by atoms with Gasteiger partial charge in [0.25, 0.3) is 0 Å². The number of aliphatic carboxylic acids is 1. The van der Waals surface area contributed by atoms with E-state index in [-0.39, 0.29) is 12.2 Å². The molecule has 0 saturated carbocycles. The van der Waals surface area contributed by atoms with Crippen molar-refractivity contribution >= 4 is 17.6 Å². The Labute approximate surface area is 121 Å². The van der Waals surface area contributed by atoms with Gasteiger partial charge in [0.05, 0.1) is 5.92 Å². The molecule has 0 aliphatic carbocycles. The van der Waals surface area contributed by atoms with Gasteiger partial charge in [0, 0.05) is 5.02 Å². The van der Waals surface area contributed by atoms with Crippen LogP contribution < -0.4 is 0 Å². The SMILES string of the molecule is O=C(O)C(Cc1cccc(F)c1)Cc1ccccc1Cl. The number of halogens is 2. The van der Waals surface area contributed by atoms with Crippen molar-refractivity contribution in [1.82, 2.24) is 0 Å². The fraction of sp³-hybridized carbons (Fsp3) is 0.188. The summed E-state index contributed by atoms with van der Waals surface area (Å²) in [6, 6.07) is 13.2. The number of carbonyl (C=O) groups is 1. The van der Waals surface area contributed by atoms with Gasteiger partial charge in [0.15, 0.2) is 0 Å². The van der Waals surface area contributed by atoms with Gasteiger partial charge >= 0.3 is 5.97 Å². The van der Waals surface area contributed by atoms with Crippen LogP contribution in [0.4, 0.5) is 4.39 Å². The quantitative estimate of drug-likeness (QED) is 0.905. The van der Waals surface area contributed by atoms with Gasteiger partial charge in [0.2, 0.25) is 0 Å². The highest BCUT2D eigenvalue weighted by Gasteiger charge is 2.20. The smallest absolute Gasteiger partial charge is 0.307 e. The van der Waals surface area contributed by atoms with Crippen molar-refractivity contribution in [3.63, 3.8) is 0 Å². The van der Waals surface area contributed by atoms with E-state index in [0.717, 1.165) is 5.56 Å². The zero-order valence-corrected chi connectivity index (χ0v) is 11.5. The Morgan fingerprint density at radius 1 is 1.15 bits per heavy atom. The fourth-order valence-corrected chi connectivity index (χ4v) is 2.34. The molecule has 4 heteroatoms. The van der Waals surface area contributed by atoms with E-state index in [1.165, 1.54) is 12.1 Å². The lowest BCUT2D eigenvalue weighted by atomic mass is 9.92. The van der Waals surface area contributed by atoms with Gasteiger partial charge in [-0.2, -0.15) is 0 Å². The minimum absolute atomic E-state index is 0.276. The molecule has 104 valence electrons. The summed E-state index contributed by atoms with van der Waals surface area (Å²) in [6.07, 6.45) is 0.601. The van der Waals surface area contributed by atoms with E-state index in [9.17, 15) is 14.3 Å². The normalized spacial score (nSPS) is 12.1. The van der Waals surface area contributed by atoms with Crippen LogP contribution in [0.1, 0.15) is 11.1 Å². The topological polar surface area (TPSA) is 37.3 Å². The first-order valence-corrected chi connectivity index (χ1v) is 6.64. The van der Waals surface area contributed by atoms with Crippen LogP contribution >= 0.6 is 11.6 Å². The fourth-order valence-electron chi connectivity index (χ4n) is 2.12. The van der Waals surface area contributed by atoms with E-state index >= 15 is 0 Å². The maximum atomic E-state index is 13.1. The van der Waals surface area contributed by atoms with E-state index in [0.29, 0.717) is 17.0 Å². The monoisotopic (exact) mass is 292 g/mol. The molecule has 2 aromatic rings. The molecular formula is C16H14ClFO2. The van der Waals surface area contributed by atoms with Gasteiger partial charge < -0.3 is 5.11 Å². The van der Waals surface area contributed by atoms with Gasteiger partial charge in [-0.05, 0) is 42.2 Å². The molecule has 0 aliphatic heterocycles. The number of hydrogen-bond donors (Lipinski definition) is 1. The molecule has 1 N–H and O–H groups in total. The Balaban J connectivity index is 2.16. The molecule has 2 rings (SSSR count). The van der Waals surface area contributed by atoms with Gasteiger partial charge in [-0.25, -0.2) is 4.39 Å². The van der Waals surface area contributed by atoms with Crippen LogP contribution in [0.2, 0.25) is 5.02 Å². The van der Waals surface area contributed by atoms with Gasteiger partial charge in [-0.1, -0.05) is 41.9 Å². The zero-order valence-electron chi connectivity index (χ0n) is 10.7. The number of rotatable bonds is 5. The molecule has 1 unspecified atom stereocenters. The summed E-state index contributed by atoms with van der Waals surface area (Å²) in [6.45, 7) is 0. The first kappa shape index (κ1) is 14.5. The maximum Gasteiger partial charge on any atom is 0.307 e. The predicted molar refractivity (Wildman–Crippen MR) is 76.4 cm³/mol. The van der Waals surface area contributed by atoms with Gasteiger partial charge in [-0.3, -0.25) is 4.79 Å². The van der Waals surface area contributed by atoms with E-state index in [1.54, 1.807) is 24.3 Å². The highest BCUT2D eigenvalue weighted by Crippen LogP contribution is 2.21. The Morgan fingerprint density at radius 2 is 1.90 bits per heavy atom. The molecule has 0 aliphatic rings. The highest BCUT2D eigenvalue weighted by atomic mass is 35.5. The molecule has 0 heterocycles. The summed E-state index contributed by atoms with van der Waals surface area (Å²) in [7, 11) is 0. The Hall–Kier alpha value is -1.87. The molecule has 2 nitrogen and oxygen atoms in total. The van der Waals surface area contributed by atoms with Crippen LogP contribution in [-0.2, 0) is 17.6 Å². The molecule has 0 amide bonds. The molecule has 0 bridgehead atoms. The second-order valence-corrected chi connectivity index (χ2v) is 5.07. The predicted octanol–water partition coefficient (Wildman–Crippen LogP) is 3.97. The number of carboxylic acid groups (broad SMARTS) is 1. The molecule has 0 radical (unpaired) electrons. The molecule has 0 fully saturated rings. The lowest BCUT2D eigenvalue weighted by Crippen LogP contribution is -2.19. The van der Waals surface area contributed by atoms with Crippen molar-refractivity contribution in [3.8, 4) is 0 Å². The summed E-state index contributed by atoms with van der Waals surface area (Å²) >= 11 is 6.05. The molecule has 0 spiro atoms. The van der Waals surface area contributed by atoms with Crippen molar-refractivity contribution in [2.75, 3.05) is 0 Å². The number of carboxylic acids is 1. The second kappa shape index (κ2) is 6.53. The Bertz CT molecular complexity index is 613. The van der Waals surface area contributed by atoms with Crippen LogP contribution in [0.5, 0.6) is 0 Å². The average molecular weight is 293 g/mol. The third kappa shape index (κ3) is 3.81. The second-order valence-electron chi connectivity index (χ2n) is 4.66. The van der Waals surface area contributed by atoms with E-state index in [2.05, 4.69) is 0 Å². The minimum Gasteiger partial charge on any atom is -0.481 e. The Morgan fingerprint density at radius 3 is 2.55 bits per heavy atom. The van der Waals surface area contributed by atoms with Crippen molar-refractivity contribution < 1.29 is 14.3 Å². The van der Waals surface area contributed by atoms with Crippen molar-refractivity contribution in [2.45, 2.75) is 12.8 Å². The molecular weight excluding hydrogens is 279 g/mol. The standard InChI is InChI=1S/C16H14ClFO2/c17-15-7-2-1-5-12(15)10-13(16(19)20)8-11-4-3-6-14(18)9-11/h1-7,9,13H,8,10H2,(H,19,20). The highest BCUT2D eigenvalue weighted by molar-refractivity contribution is 6.31. The van der Waals surface area contributed by atoms with E-state index in [1.807, 2.05) is 12.1 Å². The lowest BCUT2D eigenvalue weighted by molar-refractivity contribution is -0.141.